The minimum atomic E-state index is -0.661. The molecule has 0 aliphatic heterocycles. The second-order valence-corrected chi connectivity index (χ2v) is 5.93. The highest BCUT2D eigenvalue weighted by Crippen LogP contribution is 2.25. The molecule has 1 atom stereocenters. The van der Waals surface area contributed by atoms with Gasteiger partial charge in [-0.1, -0.05) is 21.6 Å². The van der Waals surface area contributed by atoms with E-state index in [4.69, 9.17) is 34.8 Å². The Kier molecular flexibility index (Phi) is 8.81. The highest BCUT2D eigenvalue weighted by Gasteiger charge is 2.12. The van der Waals surface area contributed by atoms with E-state index in [0.717, 1.165) is 0 Å². The Labute approximate surface area is 99.4 Å². The summed E-state index contributed by atoms with van der Waals surface area (Å²) in [7, 11) is 2.84. The first-order valence-corrected chi connectivity index (χ1v) is 6.98. The predicted octanol–water partition coefficient (Wildman–Crippen LogP) is 2.90. The average molecular weight is 282 g/mol. The van der Waals surface area contributed by atoms with Crippen LogP contribution in [0, 0.1) is 0 Å². The van der Waals surface area contributed by atoms with Crippen LogP contribution in [0.1, 0.15) is 6.42 Å². The topological polar surface area (TPSA) is 34.1 Å². The van der Waals surface area contributed by atoms with Crippen LogP contribution in [-0.2, 0) is 9.59 Å². The molecule has 0 rings (SSSR count). The maximum atomic E-state index is 10.5. The van der Waals surface area contributed by atoms with Gasteiger partial charge in [0.1, 0.15) is 5.38 Å². The van der Waals surface area contributed by atoms with Gasteiger partial charge in [-0.15, -0.1) is 11.6 Å². The van der Waals surface area contributed by atoms with Crippen LogP contribution < -0.4 is 0 Å². The van der Waals surface area contributed by atoms with Crippen molar-refractivity contribution in [1.29, 1.82) is 0 Å². The molecule has 2 nitrogen and oxygen atoms in total. The van der Waals surface area contributed by atoms with Gasteiger partial charge in [-0.25, -0.2) is 0 Å². The van der Waals surface area contributed by atoms with E-state index in [-0.39, 0.29) is 5.24 Å². The molecule has 1 unspecified atom stereocenters. The maximum absolute atomic E-state index is 10.5. The van der Waals surface area contributed by atoms with Gasteiger partial charge in [0, 0.05) is 17.9 Å². The number of halogens is 3. The first-order chi connectivity index (χ1) is 6.04. The highest BCUT2D eigenvalue weighted by molar-refractivity contribution is 8.76. The lowest BCUT2D eigenvalue weighted by atomic mass is 10.5. The van der Waals surface area contributed by atoms with Gasteiger partial charge in [-0.3, -0.25) is 9.59 Å². The Balaban J connectivity index is 3.26. The Morgan fingerprint density at radius 1 is 1.23 bits per heavy atom. The lowest BCUT2D eigenvalue weighted by Crippen LogP contribution is -2.09. The molecule has 0 amide bonds. The molecule has 0 aliphatic rings. The second-order valence-electron chi connectivity index (χ2n) is 1.98. The predicted molar refractivity (Wildman–Crippen MR) is 60.9 cm³/mol. The van der Waals surface area contributed by atoms with Crippen molar-refractivity contribution in [3.05, 3.63) is 0 Å². The number of rotatable bonds is 7. The third kappa shape index (κ3) is 9.22. The van der Waals surface area contributed by atoms with Gasteiger partial charge >= 0.3 is 0 Å². The summed E-state index contributed by atoms with van der Waals surface area (Å²) >= 11 is 15.8. The van der Waals surface area contributed by atoms with Gasteiger partial charge in [-0.2, -0.15) is 0 Å². The summed E-state index contributed by atoms with van der Waals surface area (Å²) in [5.74, 6) is 1.05. The van der Waals surface area contributed by atoms with Crippen LogP contribution in [0.15, 0.2) is 0 Å². The molecule has 0 radical (unpaired) electrons. The zero-order chi connectivity index (χ0) is 10.3. The fraction of sp³-hybridized carbons (Fsp3) is 0.667. The van der Waals surface area contributed by atoms with Gasteiger partial charge < -0.3 is 0 Å². The third-order valence-electron chi connectivity index (χ3n) is 0.926. The summed E-state index contributed by atoms with van der Waals surface area (Å²) in [6.07, 6.45) is 0.320. The van der Waals surface area contributed by atoms with E-state index < -0.39 is 10.6 Å². The van der Waals surface area contributed by atoms with Gasteiger partial charge in [0.2, 0.25) is 10.5 Å². The van der Waals surface area contributed by atoms with Crippen LogP contribution in [0.5, 0.6) is 0 Å². The maximum Gasteiger partial charge on any atom is 0.240 e. The lowest BCUT2D eigenvalue weighted by Gasteiger charge is -2.01. The van der Waals surface area contributed by atoms with E-state index in [2.05, 4.69) is 0 Å². The van der Waals surface area contributed by atoms with Gasteiger partial charge in [-0.05, 0) is 23.2 Å². The molecule has 0 aromatic carbocycles. The van der Waals surface area contributed by atoms with Crippen LogP contribution in [0.25, 0.3) is 0 Å². The molecule has 0 heterocycles. The fourth-order valence-corrected chi connectivity index (χ4v) is 3.20. The molecule has 0 spiro atoms. The van der Waals surface area contributed by atoms with Crippen molar-refractivity contribution in [2.24, 2.45) is 0 Å². The van der Waals surface area contributed by atoms with Gasteiger partial charge in [0.15, 0.2) is 0 Å². The highest BCUT2D eigenvalue weighted by atomic mass is 35.5. The smallest absolute Gasteiger partial charge is 0.240 e. The molecule has 0 aliphatic carbocycles. The minimum absolute atomic E-state index is 0.320. The molecule has 0 aromatic heterocycles. The molecule has 0 saturated heterocycles. The van der Waals surface area contributed by atoms with E-state index in [0.29, 0.717) is 17.9 Å². The van der Waals surface area contributed by atoms with Crippen molar-refractivity contribution in [3.8, 4) is 0 Å². The zero-order valence-corrected chi connectivity index (χ0v) is 10.4. The van der Waals surface area contributed by atoms with Crippen LogP contribution >= 0.6 is 56.4 Å². The average Bonchev–Trinajstić information content (AvgIpc) is 2.02. The fourth-order valence-electron chi connectivity index (χ4n) is 0.354. The van der Waals surface area contributed by atoms with Crippen LogP contribution in [0.3, 0.4) is 0 Å². The molecule has 13 heavy (non-hydrogen) atoms. The van der Waals surface area contributed by atoms with Crippen molar-refractivity contribution >= 4 is 66.9 Å². The Bertz CT molecular complexity index is 189. The van der Waals surface area contributed by atoms with Crippen LogP contribution in [0.2, 0.25) is 0 Å². The summed E-state index contributed by atoms with van der Waals surface area (Å²) < 4.78 is 0. The van der Waals surface area contributed by atoms with Crippen molar-refractivity contribution in [1.82, 2.24) is 0 Å². The van der Waals surface area contributed by atoms with Crippen molar-refractivity contribution in [3.63, 3.8) is 0 Å². The molecular formula is C6H7Cl3O2S2. The van der Waals surface area contributed by atoms with Crippen LogP contribution in [-0.4, -0.2) is 27.4 Å². The quantitative estimate of drug-likeness (QED) is 0.311. The monoisotopic (exact) mass is 280 g/mol. The SMILES string of the molecule is O=C(Cl)CCSSCC(Cl)C(=O)Cl. The molecule has 0 N–H and O–H groups in total. The second kappa shape index (κ2) is 8.24. The summed E-state index contributed by atoms with van der Waals surface area (Å²) in [6.45, 7) is 0. The standard InChI is InChI=1S/C6H7Cl3O2S2/c7-4(6(9)11)3-13-12-2-1-5(8)10/h4H,1-3H2. The molecular weight excluding hydrogens is 275 g/mol. The summed E-state index contributed by atoms with van der Waals surface area (Å²) in [5, 5.41) is -1.57. The molecule has 7 heteroatoms. The largest absolute Gasteiger partial charge is 0.281 e. The van der Waals surface area contributed by atoms with Crippen LogP contribution in [0.4, 0.5) is 0 Å². The van der Waals surface area contributed by atoms with E-state index in [1.165, 1.54) is 21.6 Å². The zero-order valence-electron chi connectivity index (χ0n) is 6.47. The Morgan fingerprint density at radius 2 is 1.85 bits per heavy atom. The number of carbonyl (C=O) groups excluding carboxylic acids is 2. The number of hydrogen-bond acceptors (Lipinski definition) is 4. The van der Waals surface area contributed by atoms with E-state index in [1.54, 1.807) is 0 Å². The first kappa shape index (κ1) is 13.9. The lowest BCUT2D eigenvalue weighted by molar-refractivity contribution is -0.112. The first-order valence-electron chi connectivity index (χ1n) is 3.30. The Hall–Kier alpha value is 0.910. The minimum Gasteiger partial charge on any atom is -0.281 e. The van der Waals surface area contributed by atoms with Crippen molar-refractivity contribution in [2.45, 2.75) is 11.8 Å². The number of alkyl halides is 1. The third-order valence-corrected chi connectivity index (χ3v) is 4.44. The van der Waals surface area contributed by atoms with Crippen molar-refractivity contribution < 1.29 is 9.59 Å². The molecule has 0 fully saturated rings. The van der Waals surface area contributed by atoms with Gasteiger partial charge in [0.05, 0.1) is 0 Å². The number of hydrogen-bond donors (Lipinski definition) is 0. The molecule has 0 saturated carbocycles. The molecule has 76 valence electrons. The Morgan fingerprint density at radius 3 is 2.31 bits per heavy atom. The van der Waals surface area contributed by atoms with Crippen molar-refractivity contribution in [2.75, 3.05) is 11.5 Å². The summed E-state index contributed by atoms with van der Waals surface area (Å²) in [6, 6.07) is 0. The molecule has 0 aromatic rings. The normalized spacial score (nSPS) is 12.5. The summed E-state index contributed by atoms with van der Waals surface area (Å²) in [5.41, 5.74) is 0. The van der Waals surface area contributed by atoms with Gasteiger partial charge in [0.25, 0.3) is 0 Å². The summed E-state index contributed by atoms with van der Waals surface area (Å²) in [4.78, 5) is 20.7. The van der Waals surface area contributed by atoms with E-state index in [1.807, 2.05) is 0 Å². The van der Waals surface area contributed by atoms with E-state index in [9.17, 15) is 9.59 Å². The number of carbonyl (C=O) groups is 2. The van der Waals surface area contributed by atoms with E-state index >= 15 is 0 Å². The molecule has 0 bridgehead atoms.